The molecule has 1 fully saturated rings. The number of hydrogen-bond donors (Lipinski definition) is 3. The number of rotatable bonds is 12. The number of benzene rings is 1. The van der Waals surface area contributed by atoms with Crippen LogP contribution in [0.4, 0.5) is 11.4 Å². The normalized spacial score (nSPS) is 14.1. The Labute approximate surface area is 204 Å². The Morgan fingerprint density at radius 1 is 1.06 bits per heavy atom. The first-order valence-corrected chi connectivity index (χ1v) is 12.2. The molecule has 0 aliphatic carbocycles. The number of aromatic nitrogens is 1. The van der Waals surface area contributed by atoms with Crippen LogP contribution in [0, 0.1) is 0 Å². The number of anilines is 2. The lowest BCUT2D eigenvalue weighted by atomic mass is 10.2. The molecule has 34 heavy (non-hydrogen) atoms. The molecular weight excluding hydrogens is 426 g/mol. The van der Waals surface area contributed by atoms with Crippen molar-refractivity contribution >= 4 is 17.3 Å². The minimum absolute atomic E-state index is 0.266. The number of carbonyl (C=O) groups is 1. The maximum atomic E-state index is 12.8. The number of para-hydroxylation sites is 2. The summed E-state index contributed by atoms with van der Waals surface area (Å²) in [6, 6.07) is 11.1. The molecule has 0 radical (unpaired) electrons. The predicted molar refractivity (Wildman–Crippen MR) is 139 cm³/mol. The standard InChI is InChI=1S/C27H39N5O2/c1-21(34-27(2,3)4)30-23-11-5-6-12-24(23)31-26(33)25-14-13-22(20-29-25)19-28-15-7-8-16-32-17-9-10-18-32/h5-6,11-14,20,28,30H,1,7-10,15-19H2,2-4H3,(H,31,33). The van der Waals surface area contributed by atoms with Gasteiger partial charge in [-0.15, -0.1) is 0 Å². The highest BCUT2D eigenvalue weighted by Gasteiger charge is 2.15. The van der Waals surface area contributed by atoms with Gasteiger partial charge < -0.3 is 25.6 Å². The number of amides is 1. The quantitative estimate of drug-likeness (QED) is 0.303. The second kappa shape index (κ2) is 12.5. The molecule has 0 spiro atoms. The van der Waals surface area contributed by atoms with Crippen molar-refractivity contribution in [3.05, 3.63) is 66.3 Å². The molecule has 3 N–H and O–H groups in total. The van der Waals surface area contributed by atoms with Crippen molar-refractivity contribution in [2.75, 3.05) is 36.8 Å². The van der Waals surface area contributed by atoms with Gasteiger partial charge in [0.1, 0.15) is 11.3 Å². The minimum Gasteiger partial charge on any atom is -0.474 e. The van der Waals surface area contributed by atoms with Crippen LogP contribution in [0.5, 0.6) is 0 Å². The fraction of sp³-hybridized carbons (Fsp3) is 0.481. The fourth-order valence-electron chi connectivity index (χ4n) is 3.92. The van der Waals surface area contributed by atoms with Gasteiger partial charge in [-0.2, -0.15) is 0 Å². The van der Waals surface area contributed by atoms with E-state index >= 15 is 0 Å². The van der Waals surface area contributed by atoms with E-state index in [1.807, 2.05) is 51.1 Å². The van der Waals surface area contributed by atoms with E-state index in [0.29, 0.717) is 23.0 Å². The number of hydrogen-bond acceptors (Lipinski definition) is 6. The molecule has 7 nitrogen and oxygen atoms in total. The van der Waals surface area contributed by atoms with Crippen LogP contribution < -0.4 is 16.0 Å². The Kier molecular flexibility index (Phi) is 9.48. The van der Waals surface area contributed by atoms with Gasteiger partial charge in [0.15, 0.2) is 5.88 Å². The zero-order valence-electron chi connectivity index (χ0n) is 20.8. The van der Waals surface area contributed by atoms with Crippen molar-refractivity contribution in [1.29, 1.82) is 0 Å². The lowest BCUT2D eigenvalue weighted by Gasteiger charge is -2.24. The van der Waals surface area contributed by atoms with Crippen molar-refractivity contribution in [1.82, 2.24) is 15.2 Å². The first-order chi connectivity index (χ1) is 16.3. The molecular formula is C27H39N5O2. The van der Waals surface area contributed by atoms with E-state index in [0.717, 1.165) is 18.7 Å². The second-order valence-corrected chi connectivity index (χ2v) is 9.75. The molecule has 3 rings (SSSR count). The number of nitrogens with zero attached hydrogens (tertiary/aromatic N) is 2. The van der Waals surface area contributed by atoms with Crippen LogP contribution in [0.1, 0.15) is 62.5 Å². The Hall–Kier alpha value is -2.90. The van der Waals surface area contributed by atoms with E-state index in [1.165, 1.54) is 45.3 Å². The summed E-state index contributed by atoms with van der Waals surface area (Å²) in [5, 5.41) is 9.52. The third kappa shape index (κ3) is 8.80. The highest BCUT2D eigenvalue weighted by Crippen LogP contribution is 2.24. The van der Waals surface area contributed by atoms with E-state index in [2.05, 4.69) is 32.4 Å². The molecule has 7 heteroatoms. The summed E-state index contributed by atoms with van der Waals surface area (Å²) < 4.78 is 5.74. The number of unbranched alkanes of at least 4 members (excludes halogenated alkanes) is 1. The summed E-state index contributed by atoms with van der Waals surface area (Å²) in [5.41, 5.74) is 2.40. The van der Waals surface area contributed by atoms with E-state index < -0.39 is 0 Å². The van der Waals surface area contributed by atoms with Gasteiger partial charge >= 0.3 is 0 Å². The van der Waals surface area contributed by atoms with Gasteiger partial charge in [-0.25, -0.2) is 0 Å². The van der Waals surface area contributed by atoms with Crippen LogP contribution in [-0.2, 0) is 11.3 Å². The van der Waals surface area contributed by atoms with E-state index in [4.69, 9.17) is 4.74 Å². The van der Waals surface area contributed by atoms with Crippen LogP contribution >= 0.6 is 0 Å². The molecule has 0 saturated carbocycles. The average Bonchev–Trinajstić information content (AvgIpc) is 3.30. The van der Waals surface area contributed by atoms with Crippen molar-refractivity contribution in [2.24, 2.45) is 0 Å². The largest absolute Gasteiger partial charge is 0.474 e. The van der Waals surface area contributed by atoms with E-state index in [9.17, 15) is 4.79 Å². The van der Waals surface area contributed by atoms with Gasteiger partial charge in [0.05, 0.1) is 11.4 Å². The molecule has 0 unspecified atom stereocenters. The predicted octanol–water partition coefficient (Wildman–Crippen LogP) is 5.00. The topological polar surface area (TPSA) is 78.5 Å². The summed E-state index contributed by atoms with van der Waals surface area (Å²) >= 11 is 0. The van der Waals surface area contributed by atoms with Gasteiger partial charge in [-0.3, -0.25) is 9.78 Å². The number of carbonyl (C=O) groups excluding carboxylic acids is 1. The Morgan fingerprint density at radius 2 is 1.76 bits per heavy atom. The van der Waals surface area contributed by atoms with Crippen molar-refractivity contribution in [3.8, 4) is 0 Å². The first-order valence-electron chi connectivity index (χ1n) is 12.2. The summed E-state index contributed by atoms with van der Waals surface area (Å²) in [6.07, 6.45) is 6.87. The molecule has 0 bridgehead atoms. The van der Waals surface area contributed by atoms with Gasteiger partial charge in [-0.1, -0.05) is 18.2 Å². The molecule has 184 valence electrons. The Morgan fingerprint density at radius 3 is 2.41 bits per heavy atom. The second-order valence-electron chi connectivity index (χ2n) is 9.75. The summed E-state index contributed by atoms with van der Waals surface area (Å²) in [5.74, 6) is 0.151. The van der Waals surface area contributed by atoms with Gasteiger partial charge in [-0.05, 0) is 103 Å². The lowest BCUT2D eigenvalue weighted by Crippen LogP contribution is -2.22. The molecule has 1 saturated heterocycles. The van der Waals surface area contributed by atoms with Gasteiger partial charge in [0.2, 0.25) is 0 Å². The molecule has 1 amide bonds. The zero-order chi connectivity index (χ0) is 24.4. The van der Waals surface area contributed by atoms with Crippen molar-refractivity contribution in [2.45, 2.75) is 58.6 Å². The number of likely N-dealkylation sites (tertiary alicyclic amines) is 1. The molecule has 1 aromatic carbocycles. The summed E-state index contributed by atoms with van der Waals surface area (Å²) in [4.78, 5) is 19.7. The lowest BCUT2D eigenvalue weighted by molar-refractivity contribution is 0.0565. The highest BCUT2D eigenvalue weighted by molar-refractivity contribution is 6.04. The van der Waals surface area contributed by atoms with E-state index in [1.54, 1.807) is 12.3 Å². The Balaban J connectivity index is 1.44. The van der Waals surface area contributed by atoms with Crippen LogP contribution in [0.25, 0.3) is 0 Å². The van der Waals surface area contributed by atoms with Gasteiger partial charge in [0, 0.05) is 12.7 Å². The minimum atomic E-state index is -0.365. The Bertz CT molecular complexity index is 931. The number of pyridine rings is 1. The molecule has 0 atom stereocenters. The summed E-state index contributed by atoms with van der Waals surface area (Å²) in [7, 11) is 0. The molecule has 2 heterocycles. The summed E-state index contributed by atoms with van der Waals surface area (Å²) in [6.45, 7) is 15.3. The third-order valence-electron chi connectivity index (χ3n) is 5.54. The SMILES string of the molecule is C=C(Nc1ccccc1NC(=O)c1ccc(CNCCCCN2CCCC2)cn1)OC(C)(C)C. The molecule has 1 aliphatic rings. The van der Waals surface area contributed by atoms with Crippen molar-refractivity contribution in [3.63, 3.8) is 0 Å². The zero-order valence-corrected chi connectivity index (χ0v) is 20.8. The van der Waals surface area contributed by atoms with Gasteiger partial charge in [0.25, 0.3) is 5.91 Å². The van der Waals surface area contributed by atoms with E-state index in [-0.39, 0.29) is 11.5 Å². The molecule has 1 aliphatic heterocycles. The average molecular weight is 466 g/mol. The number of ether oxygens (including phenoxy) is 1. The van der Waals surface area contributed by atoms with Crippen LogP contribution in [0.3, 0.4) is 0 Å². The first kappa shape index (κ1) is 25.7. The van der Waals surface area contributed by atoms with Crippen LogP contribution in [0.15, 0.2) is 55.1 Å². The monoisotopic (exact) mass is 465 g/mol. The molecule has 1 aromatic heterocycles. The van der Waals surface area contributed by atoms with Crippen LogP contribution in [-0.4, -0.2) is 47.6 Å². The maximum Gasteiger partial charge on any atom is 0.274 e. The smallest absolute Gasteiger partial charge is 0.274 e. The van der Waals surface area contributed by atoms with Crippen molar-refractivity contribution < 1.29 is 9.53 Å². The fourth-order valence-corrected chi connectivity index (χ4v) is 3.92. The number of nitrogens with one attached hydrogen (secondary N) is 3. The third-order valence-corrected chi connectivity index (χ3v) is 5.54. The van der Waals surface area contributed by atoms with Crippen LogP contribution in [0.2, 0.25) is 0 Å². The highest BCUT2D eigenvalue weighted by atomic mass is 16.5. The maximum absolute atomic E-state index is 12.8. The molecule has 2 aromatic rings.